The largest absolute Gasteiger partial charge is 0.310 e. The Morgan fingerprint density at radius 2 is 2.14 bits per heavy atom. The van der Waals surface area contributed by atoms with E-state index >= 15 is 0 Å². The summed E-state index contributed by atoms with van der Waals surface area (Å²) >= 11 is 0. The van der Waals surface area contributed by atoms with Crippen LogP contribution in [0.2, 0.25) is 0 Å². The van der Waals surface area contributed by atoms with Crippen molar-refractivity contribution in [3.05, 3.63) is 23.3 Å². The molecule has 1 atom stereocenters. The van der Waals surface area contributed by atoms with E-state index in [0.29, 0.717) is 5.92 Å². The fourth-order valence-corrected chi connectivity index (χ4v) is 2.25. The van der Waals surface area contributed by atoms with Gasteiger partial charge >= 0.3 is 0 Å². The highest BCUT2D eigenvalue weighted by Gasteiger charge is 2.22. The fourth-order valence-electron chi connectivity index (χ4n) is 2.25. The van der Waals surface area contributed by atoms with E-state index in [9.17, 15) is 0 Å². The molecule has 0 spiro atoms. The summed E-state index contributed by atoms with van der Waals surface area (Å²) in [7, 11) is 0. The average Bonchev–Trinajstić information content (AvgIpc) is 2.43. The second-order valence-electron chi connectivity index (χ2n) is 4.52. The maximum atomic E-state index is 7.45. The van der Waals surface area contributed by atoms with Gasteiger partial charge in [0.15, 0.2) is 0 Å². The van der Waals surface area contributed by atoms with E-state index in [0.717, 1.165) is 18.6 Å². The molecule has 0 bridgehead atoms. The predicted molar refractivity (Wildman–Crippen MR) is 62.9 cm³/mol. The topological polar surface area (TPSA) is 23.9 Å². The van der Waals surface area contributed by atoms with Crippen LogP contribution in [-0.4, -0.2) is 5.71 Å². The normalized spacial score (nSPS) is 21.5. The van der Waals surface area contributed by atoms with Crippen molar-refractivity contribution in [2.24, 2.45) is 5.92 Å². The van der Waals surface area contributed by atoms with Gasteiger partial charge in [0.2, 0.25) is 0 Å². The summed E-state index contributed by atoms with van der Waals surface area (Å²) in [5, 5.41) is 7.45. The van der Waals surface area contributed by atoms with E-state index in [1.807, 2.05) is 6.92 Å². The first kappa shape index (κ1) is 11.2. The van der Waals surface area contributed by atoms with Crippen LogP contribution in [0.5, 0.6) is 0 Å². The monoisotopic (exact) mass is 191 g/mol. The lowest BCUT2D eigenvalue weighted by Gasteiger charge is -2.15. The molecule has 0 saturated carbocycles. The summed E-state index contributed by atoms with van der Waals surface area (Å²) in [6.45, 7) is 10.3. The maximum absolute atomic E-state index is 7.45. The van der Waals surface area contributed by atoms with E-state index in [-0.39, 0.29) is 0 Å². The predicted octanol–water partition coefficient (Wildman–Crippen LogP) is 4.11. The van der Waals surface area contributed by atoms with E-state index in [1.54, 1.807) is 11.1 Å². The number of rotatable bonds is 4. The molecule has 0 aromatic rings. The van der Waals surface area contributed by atoms with Crippen molar-refractivity contribution in [1.82, 2.24) is 0 Å². The van der Waals surface area contributed by atoms with E-state index in [2.05, 4.69) is 20.4 Å². The lowest BCUT2D eigenvalue weighted by Crippen LogP contribution is -2.02. The molecular weight excluding hydrogens is 170 g/mol. The first-order valence-electron chi connectivity index (χ1n) is 5.40. The van der Waals surface area contributed by atoms with Crippen molar-refractivity contribution in [2.45, 2.75) is 46.5 Å². The van der Waals surface area contributed by atoms with E-state index in [4.69, 9.17) is 5.41 Å². The Balaban J connectivity index is 2.67. The molecule has 78 valence electrons. The highest BCUT2D eigenvalue weighted by Crippen LogP contribution is 2.38. The van der Waals surface area contributed by atoms with Gasteiger partial charge in [0.25, 0.3) is 0 Å². The van der Waals surface area contributed by atoms with Gasteiger partial charge < -0.3 is 5.41 Å². The molecule has 0 aromatic heterocycles. The van der Waals surface area contributed by atoms with Gasteiger partial charge in [-0.05, 0) is 46.5 Å². The Bertz CT molecular complexity index is 284. The van der Waals surface area contributed by atoms with Gasteiger partial charge in [-0.15, -0.1) is 0 Å². The maximum Gasteiger partial charge on any atom is 0.00614 e. The second kappa shape index (κ2) is 4.59. The molecule has 0 aromatic carbocycles. The van der Waals surface area contributed by atoms with Crippen LogP contribution in [0, 0.1) is 11.3 Å². The Morgan fingerprint density at radius 1 is 1.50 bits per heavy atom. The molecule has 1 aliphatic carbocycles. The van der Waals surface area contributed by atoms with Crippen LogP contribution in [0.3, 0.4) is 0 Å². The Morgan fingerprint density at radius 3 is 2.64 bits per heavy atom. The zero-order valence-electron chi connectivity index (χ0n) is 9.61. The minimum absolute atomic E-state index is 0.606. The molecule has 0 radical (unpaired) electrons. The van der Waals surface area contributed by atoms with Crippen molar-refractivity contribution in [1.29, 1.82) is 5.41 Å². The third-order valence-corrected chi connectivity index (χ3v) is 3.14. The van der Waals surface area contributed by atoms with Gasteiger partial charge in [-0.25, -0.2) is 0 Å². The third kappa shape index (κ3) is 2.57. The average molecular weight is 191 g/mol. The Kier molecular flexibility index (Phi) is 3.68. The molecule has 1 nitrogen and oxygen atoms in total. The van der Waals surface area contributed by atoms with Crippen molar-refractivity contribution >= 4 is 5.71 Å². The zero-order chi connectivity index (χ0) is 10.7. The second-order valence-corrected chi connectivity index (χ2v) is 4.52. The summed E-state index contributed by atoms with van der Waals surface area (Å²) in [5.41, 5.74) is 5.18. The van der Waals surface area contributed by atoms with Crippen molar-refractivity contribution in [3.63, 3.8) is 0 Å². The standard InChI is InChI=1S/C13H21N/c1-9(2)12-7-5-10(3)13(12)8-6-11(4)14/h12,14H,1,5-8H2,2-4H3. The van der Waals surface area contributed by atoms with Crippen LogP contribution < -0.4 is 0 Å². The number of allylic oxidation sites excluding steroid dienone is 3. The smallest absolute Gasteiger partial charge is 0.00614 e. The molecular formula is C13H21N. The number of hydrogen-bond donors (Lipinski definition) is 1. The molecule has 1 N–H and O–H groups in total. The minimum Gasteiger partial charge on any atom is -0.310 e. The molecule has 1 unspecified atom stereocenters. The zero-order valence-corrected chi connectivity index (χ0v) is 9.61. The quantitative estimate of drug-likeness (QED) is 0.511. The Labute approximate surface area is 87.4 Å². The fraction of sp³-hybridized carbons (Fsp3) is 0.615. The van der Waals surface area contributed by atoms with E-state index < -0.39 is 0 Å². The summed E-state index contributed by atoms with van der Waals surface area (Å²) in [5.74, 6) is 0.606. The number of nitrogens with one attached hydrogen (secondary N) is 1. The van der Waals surface area contributed by atoms with Crippen LogP contribution in [0.15, 0.2) is 23.3 Å². The molecule has 0 aliphatic heterocycles. The molecule has 1 aliphatic rings. The van der Waals surface area contributed by atoms with Gasteiger partial charge in [-0.1, -0.05) is 23.3 Å². The van der Waals surface area contributed by atoms with Gasteiger partial charge in [0.05, 0.1) is 0 Å². The van der Waals surface area contributed by atoms with E-state index in [1.165, 1.54) is 18.4 Å². The van der Waals surface area contributed by atoms with Crippen molar-refractivity contribution in [2.75, 3.05) is 0 Å². The highest BCUT2D eigenvalue weighted by atomic mass is 14.4. The molecule has 0 amide bonds. The van der Waals surface area contributed by atoms with Gasteiger partial charge in [0.1, 0.15) is 0 Å². The van der Waals surface area contributed by atoms with Crippen molar-refractivity contribution < 1.29 is 0 Å². The van der Waals surface area contributed by atoms with Crippen LogP contribution in [0.1, 0.15) is 46.5 Å². The number of hydrogen-bond acceptors (Lipinski definition) is 1. The van der Waals surface area contributed by atoms with Gasteiger partial charge in [-0.3, -0.25) is 0 Å². The highest BCUT2D eigenvalue weighted by molar-refractivity contribution is 5.78. The summed E-state index contributed by atoms with van der Waals surface area (Å²) in [6, 6.07) is 0. The first-order chi connectivity index (χ1) is 6.52. The van der Waals surface area contributed by atoms with Crippen LogP contribution in [0.25, 0.3) is 0 Å². The Hall–Kier alpha value is -0.850. The molecule has 14 heavy (non-hydrogen) atoms. The van der Waals surface area contributed by atoms with Crippen LogP contribution >= 0.6 is 0 Å². The molecule has 1 heteroatoms. The molecule has 0 fully saturated rings. The summed E-state index contributed by atoms with van der Waals surface area (Å²) < 4.78 is 0. The lowest BCUT2D eigenvalue weighted by atomic mass is 9.90. The van der Waals surface area contributed by atoms with Crippen LogP contribution in [-0.2, 0) is 0 Å². The summed E-state index contributed by atoms with van der Waals surface area (Å²) in [6.07, 6.45) is 4.45. The van der Waals surface area contributed by atoms with Gasteiger partial charge in [0, 0.05) is 11.6 Å². The van der Waals surface area contributed by atoms with Crippen molar-refractivity contribution in [3.8, 4) is 0 Å². The third-order valence-electron chi connectivity index (χ3n) is 3.14. The summed E-state index contributed by atoms with van der Waals surface area (Å²) in [4.78, 5) is 0. The van der Waals surface area contributed by atoms with Crippen LogP contribution in [0.4, 0.5) is 0 Å². The lowest BCUT2D eigenvalue weighted by molar-refractivity contribution is 0.675. The molecule has 1 rings (SSSR count). The SMILES string of the molecule is C=C(C)C1CCC(C)=C1CCC(C)=N. The molecule has 0 heterocycles. The van der Waals surface area contributed by atoms with Gasteiger partial charge in [-0.2, -0.15) is 0 Å². The minimum atomic E-state index is 0.606. The molecule has 0 saturated heterocycles. The first-order valence-corrected chi connectivity index (χ1v) is 5.40.